The van der Waals surface area contributed by atoms with E-state index in [1.807, 2.05) is 0 Å². The van der Waals surface area contributed by atoms with Gasteiger partial charge in [0.25, 0.3) is 0 Å². The number of hydrogen-bond donors (Lipinski definition) is 0. The van der Waals surface area contributed by atoms with Crippen molar-refractivity contribution < 1.29 is 9.47 Å². The minimum absolute atomic E-state index is 0.0378. The van der Waals surface area contributed by atoms with Gasteiger partial charge >= 0.3 is 0 Å². The third-order valence-corrected chi connectivity index (χ3v) is 4.99. The fraction of sp³-hybridized carbons (Fsp3) is 1.00. The molecule has 0 bridgehead atoms. The van der Waals surface area contributed by atoms with Crippen LogP contribution >= 0.6 is 15.9 Å². The summed E-state index contributed by atoms with van der Waals surface area (Å²) in [6.07, 6.45) is 19.2. The maximum Gasteiger partial charge on any atom is 0.157 e. The number of halogens is 1. The molecule has 0 saturated heterocycles. The Bertz CT molecular complexity index is 210. The van der Waals surface area contributed by atoms with Gasteiger partial charge in [-0.1, -0.05) is 94.0 Å². The lowest BCUT2D eigenvalue weighted by Gasteiger charge is -2.19. The van der Waals surface area contributed by atoms with Gasteiger partial charge in [0, 0.05) is 18.5 Å². The lowest BCUT2D eigenvalue weighted by Crippen LogP contribution is -2.19. The molecule has 0 unspecified atom stereocenters. The third-order valence-electron chi connectivity index (χ3n) is 4.43. The fourth-order valence-corrected chi connectivity index (χ4v) is 3.21. The maximum atomic E-state index is 6.01. The first-order chi connectivity index (χ1) is 11.8. The van der Waals surface area contributed by atoms with Crippen LogP contribution in [0.25, 0.3) is 0 Å². The largest absolute Gasteiger partial charge is 0.353 e. The monoisotopic (exact) mass is 406 g/mol. The molecule has 0 heterocycles. The molecule has 0 atom stereocenters. The maximum absolute atomic E-state index is 6.01. The minimum atomic E-state index is 0.0378. The number of ether oxygens (including phenoxy) is 2. The Balaban J connectivity index is 3.72. The van der Waals surface area contributed by atoms with Crippen molar-refractivity contribution in [3.05, 3.63) is 0 Å². The molecule has 24 heavy (non-hydrogen) atoms. The molecule has 146 valence electrons. The Morgan fingerprint density at radius 2 is 1.04 bits per heavy atom. The smallest absolute Gasteiger partial charge is 0.157 e. The third kappa shape index (κ3) is 18.7. The molecule has 0 fully saturated rings. The number of alkyl halides is 1. The van der Waals surface area contributed by atoms with E-state index < -0.39 is 0 Å². The van der Waals surface area contributed by atoms with Crippen LogP contribution in [0.5, 0.6) is 0 Å². The van der Waals surface area contributed by atoms with Crippen molar-refractivity contribution >= 4 is 15.9 Å². The van der Waals surface area contributed by atoms with Crippen molar-refractivity contribution in [2.75, 3.05) is 18.5 Å². The van der Waals surface area contributed by atoms with E-state index in [9.17, 15) is 0 Å². The number of hydrogen-bond acceptors (Lipinski definition) is 2. The van der Waals surface area contributed by atoms with Crippen LogP contribution in [-0.4, -0.2) is 24.8 Å². The molecule has 2 nitrogen and oxygen atoms in total. The normalized spacial score (nSPS) is 11.5. The molecule has 0 rings (SSSR count). The van der Waals surface area contributed by atoms with E-state index in [2.05, 4.69) is 29.8 Å². The number of rotatable bonds is 20. The van der Waals surface area contributed by atoms with Gasteiger partial charge in [-0.2, -0.15) is 0 Å². The van der Waals surface area contributed by atoms with Gasteiger partial charge in [0.1, 0.15) is 0 Å². The summed E-state index contributed by atoms with van der Waals surface area (Å²) < 4.78 is 12.0. The van der Waals surface area contributed by atoms with Crippen molar-refractivity contribution in [3.63, 3.8) is 0 Å². The molecule has 0 aliphatic rings. The molecular formula is C21H43BrO2. The SMILES string of the molecule is CCCCCCOC(CCCCCCCCBr)OCCCCCC. The first-order valence-corrected chi connectivity index (χ1v) is 11.8. The molecule has 3 heteroatoms. The van der Waals surface area contributed by atoms with Crippen LogP contribution < -0.4 is 0 Å². The predicted octanol–water partition coefficient (Wildman–Crippen LogP) is 7.63. The van der Waals surface area contributed by atoms with Gasteiger partial charge in [-0.05, 0) is 32.1 Å². The minimum Gasteiger partial charge on any atom is -0.353 e. The van der Waals surface area contributed by atoms with Crippen molar-refractivity contribution in [1.29, 1.82) is 0 Å². The molecule has 0 aromatic rings. The van der Waals surface area contributed by atoms with Gasteiger partial charge in [-0.25, -0.2) is 0 Å². The zero-order valence-electron chi connectivity index (χ0n) is 16.5. The summed E-state index contributed by atoms with van der Waals surface area (Å²) in [5.41, 5.74) is 0. The zero-order chi connectivity index (χ0) is 17.7. The van der Waals surface area contributed by atoms with E-state index >= 15 is 0 Å². The van der Waals surface area contributed by atoms with Crippen LogP contribution in [0.2, 0.25) is 0 Å². The molecule has 0 N–H and O–H groups in total. The summed E-state index contributed by atoms with van der Waals surface area (Å²) in [5, 5.41) is 1.15. The average molecular weight is 407 g/mol. The van der Waals surface area contributed by atoms with Crippen LogP contribution in [0, 0.1) is 0 Å². The second kappa shape index (κ2) is 21.4. The molecule has 0 radical (unpaired) electrons. The molecule has 0 aliphatic heterocycles. The highest BCUT2D eigenvalue weighted by atomic mass is 79.9. The highest BCUT2D eigenvalue weighted by molar-refractivity contribution is 9.09. The molecule has 0 amide bonds. The first-order valence-electron chi connectivity index (χ1n) is 10.6. The average Bonchev–Trinajstić information content (AvgIpc) is 2.59. The first kappa shape index (κ1) is 24.4. The Kier molecular flexibility index (Phi) is 21.8. The topological polar surface area (TPSA) is 18.5 Å². The Labute approximate surface area is 160 Å². The molecule has 0 aliphatic carbocycles. The summed E-state index contributed by atoms with van der Waals surface area (Å²) in [4.78, 5) is 0. The van der Waals surface area contributed by atoms with Gasteiger partial charge in [-0.15, -0.1) is 0 Å². The quantitative estimate of drug-likeness (QED) is 0.117. The van der Waals surface area contributed by atoms with Gasteiger partial charge < -0.3 is 9.47 Å². The Hall–Kier alpha value is 0.400. The zero-order valence-corrected chi connectivity index (χ0v) is 18.1. The van der Waals surface area contributed by atoms with Crippen molar-refractivity contribution in [2.24, 2.45) is 0 Å². The van der Waals surface area contributed by atoms with Crippen molar-refractivity contribution in [1.82, 2.24) is 0 Å². The lowest BCUT2D eigenvalue weighted by molar-refractivity contribution is -0.148. The van der Waals surface area contributed by atoms with Crippen LogP contribution in [0.3, 0.4) is 0 Å². The number of unbranched alkanes of at least 4 members (excludes halogenated alkanes) is 11. The second-order valence-electron chi connectivity index (χ2n) is 6.89. The molecule has 0 aromatic carbocycles. The van der Waals surface area contributed by atoms with E-state index in [-0.39, 0.29) is 6.29 Å². The van der Waals surface area contributed by atoms with Gasteiger partial charge in [-0.3, -0.25) is 0 Å². The summed E-state index contributed by atoms with van der Waals surface area (Å²) in [7, 11) is 0. The second-order valence-corrected chi connectivity index (χ2v) is 7.68. The predicted molar refractivity (Wildman–Crippen MR) is 110 cm³/mol. The molecular weight excluding hydrogens is 364 g/mol. The van der Waals surface area contributed by atoms with Crippen LogP contribution in [0.15, 0.2) is 0 Å². The molecule has 0 spiro atoms. The summed E-state index contributed by atoms with van der Waals surface area (Å²) in [6, 6.07) is 0. The fourth-order valence-electron chi connectivity index (χ4n) is 2.81. The Morgan fingerprint density at radius 3 is 1.54 bits per heavy atom. The highest BCUT2D eigenvalue weighted by Gasteiger charge is 2.09. The van der Waals surface area contributed by atoms with Crippen LogP contribution in [0.1, 0.15) is 110 Å². The van der Waals surface area contributed by atoms with E-state index in [0.717, 1.165) is 25.0 Å². The van der Waals surface area contributed by atoms with Gasteiger partial charge in [0.15, 0.2) is 6.29 Å². The summed E-state index contributed by atoms with van der Waals surface area (Å²) >= 11 is 3.50. The summed E-state index contributed by atoms with van der Waals surface area (Å²) in [6.45, 7) is 6.23. The van der Waals surface area contributed by atoms with E-state index in [1.54, 1.807) is 0 Å². The summed E-state index contributed by atoms with van der Waals surface area (Å²) in [5.74, 6) is 0. The van der Waals surface area contributed by atoms with E-state index in [0.29, 0.717) is 0 Å². The van der Waals surface area contributed by atoms with Crippen LogP contribution in [0.4, 0.5) is 0 Å². The van der Waals surface area contributed by atoms with Crippen molar-refractivity contribution in [2.45, 2.75) is 116 Å². The van der Waals surface area contributed by atoms with Crippen molar-refractivity contribution in [3.8, 4) is 0 Å². The Morgan fingerprint density at radius 1 is 0.583 bits per heavy atom. The lowest BCUT2D eigenvalue weighted by atomic mass is 10.1. The van der Waals surface area contributed by atoms with E-state index in [1.165, 1.54) is 89.9 Å². The van der Waals surface area contributed by atoms with Crippen LogP contribution in [-0.2, 0) is 9.47 Å². The molecule has 0 aromatic heterocycles. The van der Waals surface area contributed by atoms with Gasteiger partial charge in [0.05, 0.1) is 0 Å². The standard InChI is InChI=1S/C21H43BrO2/c1-3-5-7-15-19-23-21(24-20-16-8-6-4-2)17-13-11-9-10-12-14-18-22/h21H,3-20H2,1-2H3. The van der Waals surface area contributed by atoms with E-state index in [4.69, 9.17) is 9.47 Å². The molecule has 0 saturated carbocycles. The highest BCUT2D eigenvalue weighted by Crippen LogP contribution is 2.13. The van der Waals surface area contributed by atoms with Gasteiger partial charge in [0.2, 0.25) is 0 Å².